The van der Waals surface area contributed by atoms with Crippen LogP contribution in [0.15, 0.2) is 23.4 Å². The van der Waals surface area contributed by atoms with Crippen LogP contribution in [0.3, 0.4) is 0 Å². The first-order valence-electron chi connectivity index (χ1n) is 5.61. The summed E-state index contributed by atoms with van der Waals surface area (Å²) in [6.45, 7) is 0.515. The maximum absolute atomic E-state index is 12.3. The number of nitrogens with zero attached hydrogens (tertiary/aromatic N) is 2. The zero-order valence-electron chi connectivity index (χ0n) is 10.9. The van der Waals surface area contributed by atoms with Gasteiger partial charge in [-0.3, -0.25) is 4.98 Å². The molecule has 1 aromatic heterocycles. The van der Waals surface area contributed by atoms with Crippen LogP contribution in [0.25, 0.3) is 0 Å². The van der Waals surface area contributed by atoms with E-state index in [1.165, 1.54) is 10.5 Å². The third-order valence-corrected chi connectivity index (χ3v) is 5.14. The highest BCUT2D eigenvalue weighted by Gasteiger charge is 2.23. The second kappa shape index (κ2) is 6.96. The van der Waals surface area contributed by atoms with Crippen molar-refractivity contribution < 1.29 is 8.42 Å². The molecule has 7 heteroatoms. The maximum atomic E-state index is 12.3. The molecule has 18 heavy (non-hydrogen) atoms. The van der Waals surface area contributed by atoms with Crippen molar-refractivity contribution in [2.24, 2.45) is 0 Å². The third kappa shape index (κ3) is 3.60. The summed E-state index contributed by atoms with van der Waals surface area (Å²) < 4.78 is 26.1. The fourth-order valence-corrected chi connectivity index (χ4v) is 3.28. The summed E-state index contributed by atoms with van der Waals surface area (Å²) in [6, 6.07) is 1.66. The number of anilines is 1. The molecule has 0 aliphatic heterocycles. The Bertz CT molecular complexity index is 477. The van der Waals surface area contributed by atoms with Crippen LogP contribution in [0, 0.1) is 0 Å². The van der Waals surface area contributed by atoms with Crippen molar-refractivity contribution in [3.05, 3.63) is 18.5 Å². The number of thioether (sulfide) groups is 1. The number of pyridine rings is 1. The maximum Gasteiger partial charge on any atom is 0.246 e. The second-order valence-corrected chi connectivity index (χ2v) is 6.79. The van der Waals surface area contributed by atoms with Crippen molar-refractivity contribution in [2.45, 2.75) is 11.3 Å². The molecule has 0 aliphatic carbocycles. The Morgan fingerprint density at radius 3 is 2.83 bits per heavy atom. The highest BCUT2D eigenvalue weighted by atomic mass is 32.2. The number of aromatic nitrogens is 1. The lowest BCUT2D eigenvalue weighted by molar-refractivity contribution is 0.469. The second-order valence-electron chi connectivity index (χ2n) is 3.79. The summed E-state index contributed by atoms with van der Waals surface area (Å²) >= 11 is 1.71. The number of hydrogen-bond donors (Lipinski definition) is 1. The van der Waals surface area contributed by atoms with Crippen LogP contribution in [0.1, 0.15) is 6.42 Å². The molecule has 0 saturated heterocycles. The molecule has 0 spiro atoms. The largest absolute Gasteiger partial charge is 0.387 e. The molecule has 5 nitrogen and oxygen atoms in total. The van der Waals surface area contributed by atoms with Gasteiger partial charge < -0.3 is 5.32 Å². The number of nitrogens with one attached hydrogen (secondary N) is 1. The Morgan fingerprint density at radius 1 is 1.50 bits per heavy atom. The minimum Gasteiger partial charge on any atom is -0.387 e. The van der Waals surface area contributed by atoms with E-state index >= 15 is 0 Å². The van der Waals surface area contributed by atoms with Gasteiger partial charge in [-0.05, 0) is 24.5 Å². The summed E-state index contributed by atoms with van der Waals surface area (Å²) in [6.07, 6.45) is 5.80. The van der Waals surface area contributed by atoms with Crippen molar-refractivity contribution >= 4 is 27.5 Å². The topological polar surface area (TPSA) is 62.3 Å². The lowest BCUT2D eigenvalue weighted by atomic mass is 10.4. The quantitative estimate of drug-likeness (QED) is 0.771. The van der Waals surface area contributed by atoms with Crippen LogP contribution in [-0.4, -0.2) is 50.4 Å². The molecule has 0 bridgehead atoms. The first kappa shape index (κ1) is 15.3. The van der Waals surface area contributed by atoms with Gasteiger partial charge in [0.1, 0.15) is 4.90 Å². The van der Waals surface area contributed by atoms with Crippen molar-refractivity contribution in [2.75, 3.05) is 38.0 Å². The van der Waals surface area contributed by atoms with Gasteiger partial charge >= 0.3 is 0 Å². The van der Waals surface area contributed by atoms with Crippen molar-refractivity contribution in [1.29, 1.82) is 0 Å². The lowest BCUT2D eigenvalue weighted by Crippen LogP contribution is -2.29. The molecule has 0 fully saturated rings. The van der Waals surface area contributed by atoms with E-state index in [0.717, 1.165) is 12.2 Å². The molecule has 0 amide bonds. The van der Waals surface area contributed by atoms with Crippen LogP contribution in [0.5, 0.6) is 0 Å². The van der Waals surface area contributed by atoms with Gasteiger partial charge in [-0.2, -0.15) is 11.8 Å². The smallest absolute Gasteiger partial charge is 0.246 e. The predicted molar refractivity (Wildman–Crippen MR) is 76.6 cm³/mol. The van der Waals surface area contributed by atoms with E-state index in [-0.39, 0.29) is 4.90 Å². The van der Waals surface area contributed by atoms with Gasteiger partial charge in [0.25, 0.3) is 0 Å². The SMILES string of the molecule is CNc1ccncc1S(=O)(=O)N(C)CCCSC. The van der Waals surface area contributed by atoms with Gasteiger partial charge in [-0.25, -0.2) is 12.7 Å². The van der Waals surface area contributed by atoms with Gasteiger partial charge in [0, 0.05) is 33.0 Å². The van der Waals surface area contributed by atoms with Crippen LogP contribution < -0.4 is 5.32 Å². The summed E-state index contributed by atoms with van der Waals surface area (Å²) in [5.74, 6) is 0.950. The van der Waals surface area contributed by atoms with E-state index in [1.807, 2.05) is 6.26 Å². The normalized spacial score (nSPS) is 11.8. The van der Waals surface area contributed by atoms with Crippen LogP contribution >= 0.6 is 11.8 Å². The summed E-state index contributed by atoms with van der Waals surface area (Å²) in [5.41, 5.74) is 0.571. The number of hydrogen-bond acceptors (Lipinski definition) is 5. The van der Waals surface area contributed by atoms with E-state index in [0.29, 0.717) is 12.2 Å². The van der Waals surface area contributed by atoms with Gasteiger partial charge in [0.2, 0.25) is 10.0 Å². The Hall–Kier alpha value is -0.790. The number of rotatable bonds is 7. The van der Waals surface area contributed by atoms with E-state index in [2.05, 4.69) is 10.3 Å². The van der Waals surface area contributed by atoms with Crippen LogP contribution in [-0.2, 0) is 10.0 Å². The average Bonchev–Trinajstić information content (AvgIpc) is 2.38. The van der Waals surface area contributed by atoms with E-state index in [9.17, 15) is 8.42 Å². The van der Waals surface area contributed by atoms with E-state index in [1.54, 1.807) is 38.1 Å². The summed E-state index contributed by atoms with van der Waals surface area (Å²) in [7, 11) is -0.167. The average molecular weight is 289 g/mol. The Balaban J connectivity index is 2.91. The Kier molecular flexibility index (Phi) is 5.90. The van der Waals surface area contributed by atoms with Gasteiger partial charge in [-0.15, -0.1) is 0 Å². The minimum atomic E-state index is -3.46. The Morgan fingerprint density at radius 2 is 2.22 bits per heavy atom. The first-order chi connectivity index (χ1) is 8.54. The monoisotopic (exact) mass is 289 g/mol. The molecule has 0 aliphatic rings. The Labute approximate surface area is 113 Å². The highest BCUT2D eigenvalue weighted by molar-refractivity contribution is 7.98. The lowest BCUT2D eigenvalue weighted by Gasteiger charge is -2.18. The fourth-order valence-electron chi connectivity index (χ4n) is 1.51. The molecule has 0 aromatic carbocycles. The fraction of sp³-hybridized carbons (Fsp3) is 0.545. The standard InChI is InChI=1S/C11H19N3O2S2/c1-12-10-5-6-13-9-11(10)18(15,16)14(2)7-4-8-17-3/h5-6,9H,4,7-8H2,1-3H3,(H,12,13). The van der Waals surface area contributed by atoms with Crippen LogP contribution in [0.4, 0.5) is 5.69 Å². The molecule has 1 N–H and O–H groups in total. The van der Waals surface area contributed by atoms with Gasteiger partial charge in [-0.1, -0.05) is 0 Å². The van der Waals surface area contributed by atoms with E-state index < -0.39 is 10.0 Å². The summed E-state index contributed by atoms with van der Waals surface area (Å²) in [5, 5.41) is 2.87. The zero-order valence-corrected chi connectivity index (χ0v) is 12.5. The van der Waals surface area contributed by atoms with Gasteiger partial charge in [0.15, 0.2) is 0 Å². The molecule has 0 atom stereocenters. The van der Waals surface area contributed by atoms with Crippen molar-refractivity contribution in [1.82, 2.24) is 9.29 Å². The molecule has 1 aromatic rings. The zero-order chi connectivity index (χ0) is 13.6. The molecule has 1 rings (SSSR count). The minimum absolute atomic E-state index is 0.221. The molecule has 0 unspecified atom stereocenters. The van der Waals surface area contributed by atoms with Gasteiger partial charge in [0.05, 0.1) is 5.69 Å². The molecule has 0 radical (unpaired) electrons. The molecular weight excluding hydrogens is 270 g/mol. The molecule has 0 saturated carbocycles. The number of sulfonamides is 1. The molecular formula is C11H19N3O2S2. The molecule has 1 heterocycles. The predicted octanol–water partition coefficient (Wildman–Crippen LogP) is 1.50. The highest BCUT2D eigenvalue weighted by Crippen LogP contribution is 2.22. The third-order valence-electron chi connectivity index (χ3n) is 2.56. The van der Waals surface area contributed by atoms with Crippen LogP contribution in [0.2, 0.25) is 0 Å². The summed E-state index contributed by atoms with van der Waals surface area (Å²) in [4.78, 5) is 4.11. The first-order valence-corrected chi connectivity index (χ1v) is 8.44. The van der Waals surface area contributed by atoms with E-state index in [4.69, 9.17) is 0 Å². The van der Waals surface area contributed by atoms with Crippen molar-refractivity contribution in [3.63, 3.8) is 0 Å². The van der Waals surface area contributed by atoms with Crippen molar-refractivity contribution in [3.8, 4) is 0 Å². The molecule has 102 valence electrons.